The number of rotatable bonds is 7. The van der Waals surface area contributed by atoms with Gasteiger partial charge in [-0.1, -0.05) is 44.2 Å². The molecule has 0 aliphatic carbocycles. The van der Waals surface area contributed by atoms with E-state index in [9.17, 15) is 9.90 Å². The number of carbonyl (C=O) groups is 1. The molecule has 0 radical (unpaired) electrons. The van der Waals surface area contributed by atoms with Gasteiger partial charge in [-0.05, 0) is 17.2 Å². The molecule has 1 unspecified atom stereocenters. The zero-order chi connectivity index (χ0) is 13.4. The Balaban J connectivity index is 2.40. The van der Waals surface area contributed by atoms with Crippen LogP contribution in [-0.2, 0) is 11.2 Å². The number of hydrogen-bond acceptors (Lipinski definition) is 3. The summed E-state index contributed by atoms with van der Waals surface area (Å²) >= 11 is 1.60. The van der Waals surface area contributed by atoms with Crippen molar-refractivity contribution in [2.75, 3.05) is 12.4 Å². The summed E-state index contributed by atoms with van der Waals surface area (Å²) in [5.74, 6) is 0.437. The maximum Gasteiger partial charge on any atom is 0.230 e. The summed E-state index contributed by atoms with van der Waals surface area (Å²) in [4.78, 5) is 11.7. The topological polar surface area (TPSA) is 49.3 Å². The Morgan fingerprint density at radius 2 is 2.00 bits per heavy atom. The molecule has 0 saturated heterocycles. The molecule has 0 bridgehead atoms. The second-order valence-electron chi connectivity index (χ2n) is 4.50. The van der Waals surface area contributed by atoms with E-state index < -0.39 is 0 Å². The zero-order valence-electron chi connectivity index (χ0n) is 10.9. The largest absolute Gasteiger partial charge is 0.394 e. The fourth-order valence-corrected chi connectivity index (χ4v) is 2.14. The van der Waals surface area contributed by atoms with Crippen LogP contribution in [0.3, 0.4) is 0 Å². The lowest BCUT2D eigenvalue weighted by Gasteiger charge is -2.16. The third-order valence-electron chi connectivity index (χ3n) is 2.46. The summed E-state index contributed by atoms with van der Waals surface area (Å²) in [6.45, 7) is 4.09. The Labute approximate surface area is 113 Å². The van der Waals surface area contributed by atoms with Crippen LogP contribution in [0.4, 0.5) is 0 Å². The van der Waals surface area contributed by atoms with E-state index in [0.717, 1.165) is 5.56 Å². The standard InChI is InChI=1S/C14H21NO2S/c1-11(2)18-10-14(17)15-13(9-16)8-12-6-4-3-5-7-12/h3-7,11,13,16H,8-10H2,1-2H3,(H,15,17). The predicted molar refractivity (Wildman–Crippen MR) is 76.8 cm³/mol. The first-order chi connectivity index (χ1) is 8.61. The number of nitrogens with one attached hydrogen (secondary N) is 1. The molecule has 3 nitrogen and oxygen atoms in total. The number of benzene rings is 1. The lowest BCUT2D eigenvalue weighted by molar-refractivity contribution is -0.119. The summed E-state index contributed by atoms with van der Waals surface area (Å²) in [6, 6.07) is 9.66. The van der Waals surface area contributed by atoms with Gasteiger partial charge in [0.05, 0.1) is 18.4 Å². The lowest BCUT2D eigenvalue weighted by Crippen LogP contribution is -2.40. The van der Waals surface area contributed by atoms with Gasteiger partial charge in [0.15, 0.2) is 0 Å². The molecule has 0 fully saturated rings. The molecule has 1 aromatic rings. The van der Waals surface area contributed by atoms with E-state index in [4.69, 9.17) is 0 Å². The minimum absolute atomic E-state index is 0.0105. The highest BCUT2D eigenvalue weighted by Gasteiger charge is 2.12. The minimum Gasteiger partial charge on any atom is -0.394 e. The van der Waals surface area contributed by atoms with Gasteiger partial charge in [0, 0.05) is 0 Å². The molecule has 0 saturated carbocycles. The maximum atomic E-state index is 11.7. The van der Waals surface area contributed by atoms with E-state index in [2.05, 4.69) is 19.2 Å². The van der Waals surface area contributed by atoms with Crippen LogP contribution >= 0.6 is 11.8 Å². The van der Waals surface area contributed by atoms with Crippen LogP contribution in [0.2, 0.25) is 0 Å². The summed E-state index contributed by atoms with van der Waals surface area (Å²) in [7, 11) is 0. The molecule has 0 heterocycles. The zero-order valence-corrected chi connectivity index (χ0v) is 11.7. The molecule has 0 aliphatic heterocycles. The van der Waals surface area contributed by atoms with Gasteiger partial charge in [0.1, 0.15) is 0 Å². The Morgan fingerprint density at radius 3 is 2.56 bits per heavy atom. The number of hydrogen-bond donors (Lipinski definition) is 2. The smallest absolute Gasteiger partial charge is 0.230 e. The number of amides is 1. The molecule has 0 spiro atoms. The fourth-order valence-electron chi connectivity index (χ4n) is 1.57. The Kier molecular flexibility index (Phi) is 6.83. The highest BCUT2D eigenvalue weighted by molar-refractivity contribution is 8.00. The third kappa shape index (κ3) is 6.07. The molecule has 4 heteroatoms. The van der Waals surface area contributed by atoms with Gasteiger partial charge >= 0.3 is 0 Å². The molecule has 1 atom stereocenters. The van der Waals surface area contributed by atoms with Gasteiger partial charge in [-0.3, -0.25) is 4.79 Å². The van der Waals surface area contributed by atoms with Crippen LogP contribution in [-0.4, -0.2) is 34.7 Å². The van der Waals surface area contributed by atoms with E-state index in [1.54, 1.807) is 11.8 Å². The number of thioether (sulfide) groups is 1. The van der Waals surface area contributed by atoms with Crippen molar-refractivity contribution in [1.82, 2.24) is 5.32 Å². The number of aliphatic hydroxyl groups excluding tert-OH is 1. The Bertz CT molecular complexity index is 354. The van der Waals surface area contributed by atoms with Crippen molar-refractivity contribution >= 4 is 17.7 Å². The first-order valence-electron chi connectivity index (χ1n) is 6.17. The molecular formula is C14H21NO2S. The van der Waals surface area contributed by atoms with Gasteiger partial charge in [0.2, 0.25) is 5.91 Å². The van der Waals surface area contributed by atoms with E-state index >= 15 is 0 Å². The molecule has 1 aromatic carbocycles. The van der Waals surface area contributed by atoms with Crippen LogP contribution in [0, 0.1) is 0 Å². The number of carbonyl (C=O) groups excluding carboxylic acids is 1. The summed E-state index contributed by atoms with van der Waals surface area (Å²) in [5.41, 5.74) is 1.12. The van der Waals surface area contributed by atoms with Gasteiger partial charge in [-0.15, -0.1) is 11.8 Å². The minimum atomic E-state index is -0.201. The molecule has 2 N–H and O–H groups in total. The van der Waals surface area contributed by atoms with E-state index in [-0.39, 0.29) is 18.6 Å². The van der Waals surface area contributed by atoms with Crippen LogP contribution in [0.5, 0.6) is 0 Å². The second kappa shape index (κ2) is 8.16. The van der Waals surface area contributed by atoms with Crippen molar-refractivity contribution in [3.8, 4) is 0 Å². The Morgan fingerprint density at radius 1 is 1.33 bits per heavy atom. The van der Waals surface area contributed by atoms with E-state index in [1.165, 1.54) is 0 Å². The molecule has 1 rings (SSSR count). The summed E-state index contributed by atoms with van der Waals surface area (Å²) in [5, 5.41) is 12.6. The maximum absolute atomic E-state index is 11.7. The second-order valence-corrected chi connectivity index (χ2v) is 6.06. The normalized spacial score (nSPS) is 12.4. The fraction of sp³-hybridized carbons (Fsp3) is 0.500. The SMILES string of the molecule is CC(C)SCC(=O)NC(CO)Cc1ccccc1. The molecule has 0 aliphatic rings. The van der Waals surface area contributed by atoms with Crippen molar-refractivity contribution in [3.63, 3.8) is 0 Å². The molecule has 18 heavy (non-hydrogen) atoms. The van der Waals surface area contributed by atoms with Gasteiger partial charge in [-0.2, -0.15) is 0 Å². The van der Waals surface area contributed by atoms with Crippen LogP contribution in [0.15, 0.2) is 30.3 Å². The highest BCUT2D eigenvalue weighted by atomic mass is 32.2. The summed E-state index contributed by atoms with van der Waals surface area (Å²) < 4.78 is 0. The average Bonchev–Trinajstić information content (AvgIpc) is 2.37. The monoisotopic (exact) mass is 267 g/mol. The highest BCUT2D eigenvalue weighted by Crippen LogP contribution is 2.08. The molecule has 100 valence electrons. The number of aliphatic hydroxyl groups is 1. The van der Waals surface area contributed by atoms with Gasteiger partial charge in [0.25, 0.3) is 0 Å². The first-order valence-corrected chi connectivity index (χ1v) is 7.22. The predicted octanol–water partition coefficient (Wildman–Crippen LogP) is 1.85. The van der Waals surface area contributed by atoms with Crippen molar-refractivity contribution in [2.45, 2.75) is 31.6 Å². The van der Waals surface area contributed by atoms with Gasteiger partial charge < -0.3 is 10.4 Å². The molecular weight excluding hydrogens is 246 g/mol. The quantitative estimate of drug-likeness (QED) is 0.792. The van der Waals surface area contributed by atoms with Crippen LogP contribution in [0.1, 0.15) is 19.4 Å². The lowest BCUT2D eigenvalue weighted by atomic mass is 10.1. The van der Waals surface area contributed by atoms with Gasteiger partial charge in [-0.25, -0.2) is 0 Å². The third-order valence-corrected chi connectivity index (χ3v) is 3.55. The average molecular weight is 267 g/mol. The van der Waals surface area contributed by atoms with Crippen molar-refractivity contribution in [2.24, 2.45) is 0 Å². The van der Waals surface area contributed by atoms with Crippen LogP contribution < -0.4 is 5.32 Å². The van der Waals surface area contributed by atoms with Crippen LogP contribution in [0.25, 0.3) is 0 Å². The van der Waals surface area contributed by atoms with E-state index in [0.29, 0.717) is 17.4 Å². The molecule has 1 amide bonds. The van der Waals surface area contributed by atoms with Crippen molar-refractivity contribution in [1.29, 1.82) is 0 Å². The Hall–Kier alpha value is -1.00. The van der Waals surface area contributed by atoms with E-state index in [1.807, 2.05) is 30.3 Å². The molecule has 0 aromatic heterocycles. The van der Waals surface area contributed by atoms with Crippen molar-refractivity contribution in [3.05, 3.63) is 35.9 Å². The first kappa shape index (κ1) is 15.1. The summed E-state index contributed by atoms with van der Waals surface area (Å²) in [6.07, 6.45) is 0.662. The van der Waals surface area contributed by atoms with Crippen molar-refractivity contribution < 1.29 is 9.90 Å².